The first kappa shape index (κ1) is 16.4. The second kappa shape index (κ2) is 6.19. The van der Waals surface area contributed by atoms with Gasteiger partial charge < -0.3 is 15.0 Å². The smallest absolute Gasteiger partial charge is 0.258 e. The first-order chi connectivity index (χ1) is 11.5. The van der Waals surface area contributed by atoms with E-state index in [2.05, 4.69) is 19.2 Å². The van der Waals surface area contributed by atoms with E-state index in [1.54, 1.807) is 7.11 Å². The van der Waals surface area contributed by atoms with Crippen molar-refractivity contribution in [1.29, 1.82) is 0 Å². The maximum atomic E-state index is 13.3. The molecule has 2 atom stereocenters. The van der Waals surface area contributed by atoms with Crippen molar-refractivity contribution in [3.63, 3.8) is 0 Å². The highest BCUT2D eigenvalue weighted by Crippen LogP contribution is 2.42. The SMILES string of the molecule is CCC(C)N1C(=O)c2ccccc2NC1(C)c1ccccc1OC. The van der Waals surface area contributed by atoms with Gasteiger partial charge in [-0.05, 0) is 38.5 Å². The fourth-order valence-electron chi connectivity index (χ4n) is 3.50. The number of hydrogen-bond acceptors (Lipinski definition) is 3. The van der Waals surface area contributed by atoms with Crippen molar-refractivity contribution in [2.75, 3.05) is 12.4 Å². The molecule has 2 unspecified atom stereocenters. The number of benzene rings is 2. The molecule has 0 aliphatic carbocycles. The van der Waals surface area contributed by atoms with E-state index in [4.69, 9.17) is 4.74 Å². The predicted molar refractivity (Wildman–Crippen MR) is 96.3 cm³/mol. The van der Waals surface area contributed by atoms with Crippen LogP contribution in [0.1, 0.15) is 43.1 Å². The van der Waals surface area contributed by atoms with Gasteiger partial charge in [-0.15, -0.1) is 0 Å². The quantitative estimate of drug-likeness (QED) is 0.915. The molecule has 1 N–H and O–H groups in total. The van der Waals surface area contributed by atoms with Crippen LogP contribution in [-0.4, -0.2) is 24.0 Å². The average molecular weight is 324 g/mol. The first-order valence-corrected chi connectivity index (χ1v) is 8.37. The van der Waals surface area contributed by atoms with E-state index in [1.165, 1.54) is 0 Å². The van der Waals surface area contributed by atoms with Crippen LogP contribution in [0.4, 0.5) is 5.69 Å². The molecule has 126 valence electrons. The van der Waals surface area contributed by atoms with Crippen molar-refractivity contribution in [3.8, 4) is 5.75 Å². The third-order valence-electron chi connectivity index (χ3n) is 4.90. The molecule has 0 spiro atoms. The number of methoxy groups -OCH3 is 1. The van der Waals surface area contributed by atoms with Gasteiger partial charge in [0.15, 0.2) is 0 Å². The van der Waals surface area contributed by atoms with Crippen molar-refractivity contribution in [3.05, 3.63) is 59.7 Å². The molecule has 0 radical (unpaired) electrons. The molecular weight excluding hydrogens is 300 g/mol. The maximum Gasteiger partial charge on any atom is 0.258 e. The molecule has 0 saturated heterocycles. The topological polar surface area (TPSA) is 41.6 Å². The summed E-state index contributed by atoms with van der Waals surface area (Å²) in [6.07, 6.45) is 0.875. The zero-order valence-electron chi connectivity index (χ0n) is 14.7. The zero-order chi connectivity index (χ0) is 17.3. The van der Waals surface area contributed by atoms with Crippen molar-refractivity contribution in [2.45, 2.75) is 38.9 Å². The maximum absolute atomic E-state index is 13.3. The van der Waals surface area contributed by atoms with Crippen LogP contribution in [0.5, 0.6) is 5.75 Å². The van der Waals surface area contributed by atoms with E-state index >= 15 is 0 Å². The van der Waals surface area contributed by atoms with Gasteiger partial charge in [-0.1, -0.05) is 37.3 Å². The fraction of sp³-hybridized carbons (Fsp3) is 0.350. The highest BCUT2D eigenvalue weighted by molar-refractivity contribution is 6.02. The standard InChI is InChI=1S/C20H24N2O2/c1-5-14(2)22-19(23)15-10-6-8-12-17(15)21-20(22,3)16-11-7-9-13-18(16)24-4/h6-14,21H,5H2,1-4H3. The molecule has 4 heteroatoms. The fourth-order valence-corrected chi connectivity index (χ4v) is 3.50. The summed E-state index contributed by atoms with van der Waals surface area (Å²) in [6, 6.07) is 15.6. The van der Waals surface area contributed by atoms with E-state index in [0.717, 1.165) is 23.4 Å². The number of fused-ring (bicyclic) bond motifs is 1. The van der Waals surface area contributed by atoms with Gasteiger partial charge in [0.05, 0.1) is 12.7 Å². The molecule has 24 heavy (non-hydrogen) atoms. The van der Waals surface area contributed by atoms with Crippen LogP contribution >= 0.6 is 0 Å². The van der Waals surface area contributed by atoms with Crippen molar-refractivity contribution in [2.24, 2.45) is 0 Å². The summed E-state index contributed by atoms with van der Waals surface area (Å²) in [6.45, 7) is 6.23. The lowest BCUT2D eigenvalue weighted by Crippen LogP contribution is -2.59. The Labute approximate surface area is 143 Å². The Balaban J connectivity index is 2.21. The van der Waals surface area contributed by atoms with Gasteiger partial charge in [0, 0.05) is 17.3 Å². The van der Waals surface area contributed by atoms with Gasteiger partial charge in [0.2, 0.25) is 0 Å². The van der Waals surface area contributed by atoms with Crippen LogP contribution in [0.2, 0.25) is 0 Å². The molecule has 0 fully saturated rings. The Morgan fingerprint density at radius 3 is 2.54 bits per heavy atom. The Morgan fingerprint density at radius 1 is 1.17 bits per heavy atom. The minimum atomic E-state index is -0.673. The number of rotatable bonds is 4. The van der Waals surface area contributed by atoms with E-state index in [-0.39, 0.29) is 11.9 Å². The first-order valence-electron chi connectivity index (χ1n) is 8.37. The molecule has 0 saturated carbocycles. The van der Waals surface area contributed by atoms with Gasteiger partial charge in [-0.2, -0.15) is 0 Å². The number of nitrogens with zero attached hydrogens (tertiary/aromatic N) is 1. The molecule has 1 aliphatic rings. The Bertz CT molecular complexity index is 759. The van der Waals surface area contributed by atoms with Gasteiger partial charge in [-0.3, -0.25) is 4.79 Å². The second-order valence-electron chi connectivity index (χ2n) is 6.38. The molecule has 2 aromatic rings. The number of nitrogens with one attached hydrogen (secondary N) is 1. The summed E-state index contributed by atoms with van der Waals surface area (Å²) in [5, 5.41) is 3.59. The molecule has 1 heterocycles. The molecule has 4 nitrogen and oxygen atoms in total. The summed E-state index contributed by atoms with van der Waals surface area (Å²) in [7, 11) is 1.66. The Hall–Kier alpha value is -2.49. The third-order valence-corrected chi connectivity index (χ3v) is 4.90. The average Bonchev–Trinajstić information content (AvgIpc) is 2.61. The van der Waals surface area contributed by atoms with Crippen LogP contribution in [0.15, 0.2) is 48.5 Å². The lowest BCUT2D eigenvalue weighted by atomic mass is 9.91. The van der Waals surface area contributed by atoms with Crippen LogP contribution < -0.4 is 10.1 Å². The van der Waals surface area contributed by atoms with E-state index in [9.17, 15) is 4.79 Å². The minimum absolute atomic E-state index is 0.0482. The Kier molecular flexibility index (Phi) is 4.22. The summed E-state index contributed by atoms with van der Waals surface area (Å²) in [5.74, 6) is 0.820. The van der Waals surface area contributed by atoms with Crippen LogP contribution in [-0.2, 0) is 5.66 Å². The van der Waals surface area contributed by atoms with Crippen molar-refractivity contribution >= 4 is 11.6 Å². The minimum Gasteiger partial charge on any atom is -0.496 e. The summed E-state index contributed by atoms with van der Waals surface area (Å²) in [4.78, 5) is 15.2. The molecule has 1 amide bonds. The van der Waals surface area contributed by atoms with Crippen LogP contribution in [0.25, 0.3) is 0 Å². The van der Waals surface area contributed by atoms with Crippen LogP contribution in [0.3, 0.4) is 0 Å². The monoisotopic (exact) mass is 324 g/mol. The highest BCUT2D eigenvalue weighted by atomic mass is 16.5. The number of carbonyl (C=O) groups excluding carboxylic acids is 1. The Morgan fingerprint density at radius 2 is 1.83 bits per heavy atom. The number of anilines is 1. The zero-order valence-corrected chi connectivity index (χ0v) is 14.7. The summed E-state index contributed by atoms with van der Waals surface area (Å²) in [5.41, 5.74) is 1.85. The largest absolute Gasteiger partial charge is 0.496 e. The molecule has 0 bridgehead atoms. The number of ether oxygens (including phenoxy) is 1. The normalized spacial score (nSPS) is 21.0. The molecule has 3 rings (SSSR count). The molecule has 1 aliphatic heterocycles. The summed E-state index contributed by atoms with van der Waals surface area (Å²) < 4.78 is 5.57. The van der Waals surface area contributed by atoms with Crippen molar-refractivity contribution in [1.82, 2.24) is 4.90 Å². The lowest BCUT2D eigenvalue weighted by molar-refractivity contribution is 0.0394. The van der Waals surface area contributed by atoms with Gasteiger partial charge >= 0.3 is 0 Å². The summed E-state index contributed by atoms with van der Waals surface area (Å²) >= 11 is 0. The predicted octanol–water partition coefficient (Wildman–Crippen LogP) is 4.23. The number of hydrogen-bond donors (Lipinski definition) is 1. The highest BCUT2D eigenvalue weighted by Gasteiger charge is 2.45. The lowest BCUT2D eigenvalue weighted by Gasteiger charge is -2.49. The molecular formula is C20H24N2O2. The van der Waals surface area contributed by atoms with E-state index in [0.29, 0.717) is 5.56 Å². The third kappa shape index (κ3) is 2.42. The van der Waals surface area contributed by atoms with E-state index in [1.807, 2.05) is 60.4 Å². The molecule has 0 aromatic heterocycles. The van der Waals surface area contributed by atoms with Gasteiger partial charge in [-0.25, -0.2) is 0 Å². The number of carbonyl (C=O) groups is 1. The number of para-hydroxylation sites is 2. The number of amides is 1. The van der Waals surface area contributed by atoms with Crippen LogP contribution in [0, 0.1) is 0 Å². The van der Waals surface area contributed by atoms with Crippen molar-refractivity contribution < 1.29 is 9.53 Å². The second-order valence-corrected chi connectivity index (χ2v) is 6.38. The molecule has 2 aromatic carbocycles. The van der Waals surface area contributed by atoms with Gasteiger partial charge in [0.25, 0.3) is 5.91 Å². The van der Waals surface area contributed by atoms with E-state index < -0.39 is 5.66 Å². The van der Waals surface area contributed by atoms with Gasteiger partial charge in [0.1, 0.15) is 11.4 Å².